The Morgan fingerprint density at radius 1 is 1.39 bits per heavy atom. The molecule has 0 aliphatic heterocycles. The number of aromatic nitrogens is 2. The fourth-order valence-corrected chi connectivity index (χ4v) is 2.91. The van der Waals surface area contributed by atoms with Gasteiger partial charge in [-0.1, -0.05) is 24.3 Å². The Balaban J connectivity index is 2.12. The normalized spacial score (nSPS) is 10.9. The molecule has 0 saturated heterocycles. The van der Waals surface area contributed by atoms with Crippen molar-refractivity contribution in [1.82, 2.24) is 9.97 Å². The molecular formula is C13H10N2O2S. The van der Waals surface area contributed by atoms with E-state index in [0.717, 1.165) is 20.8 Å². The summed E-state index contributed by atoms with van der Waals surface area (Å²) in [6.45, 7) is 2.04. The Kier molecular flexibility index (Phi) is 2.41. The number of hydrogen-bond donors (Lipinski definition) is 2. The molecule has 4 nitrogen and oxygen atoms in total. The summed E-state index contributed by atoms with van der Waals surface area (Å²) in [6, 6.07) is 9.64. The van der Waals surface area contributed by atoms with Gasteiger partial charge in [0.05, 0.1) is 4.70 Å². The van der Waals surface area contributed by atoms with E-state index in [-0.39, 0.29) is 5.69 Å². The van der Waals surface area contributed by atoms with Gasteiger partial charge < -0.3 is 10.1 Å². The summed E-state index contributed by atoms with van der Waals surface area (Å²) in [7, 11) is 0. The lowest BCUT2D eigenvalue weighted by molar-refractivity contribution is 0.0691. The largest absolute Gasteiger partial charge is 0.477 e. The predicted molar refractivity (Wildman–Crippen MR) is 71.1 cm³/mol. The summed E-state index contributed by atoms with van der Waals surface area (Å²) in [6.07, 6.45) is 0. The third kappa shape index (κ3) is 1.69. The quantitative estimate of drug-likeness (QED) is 0.741. The molecule has 5 heteroatoms. The Morgan fingerprint density at radius 2 is 2.17 bits per heavy atom. The maximum absolute atomic E-state index is 10.8. The monoisotopic (exact) mass is 258 g/mol. The molecule has 0 aliphatic carbocycles. The molecule has 2 heterocycles. The Bertz CT molecular complexity index is 711. The van der Waals surface area contributed by atoms with Crippen molar-refractivity contribution in [2.24, 2.45) is 0 Å². The Hall–Kier alpha value is -2.14. The number of thiazole rings is 1. The van der Waals surface area contributed by atoms with E-state index < -0.39 is 5.97 Å². The number of benzene rings is 1. The molecule has 0 unspecified atom stereocenters. The highest BCUT2D eigenvalue weighted by molar-refractivity contribution is 7.21. The van der Waals surface area contributed by atoms with Crippen molar-refractivity contribution in [3.63, 3.8) is 0 Å². The number of fused-ring (bicyclic) bond motifs is 1. The number of carboxylic acids is 1. The van der Waals surface area contributed by atoms with Gasteiger partial charge in [0.15, 0.2) is 0 Å². The average Bonchev–Trinajstić information content (AvgIpc) is 2.87. The topological polar surface area (TPSA) is 66.0 Å². The van der Waals surface area contributed by atoms with E-state index in [2.05, 4.69) is 9.97 Å². The van der Waals surface area contributed by atoms with Gasteiger partial charge in [0, 0.05) is 5.56 Å². The first-order chi connectivity index (χ1) is 8.65. The molecular weight excluding hydrogens is 248 g/mol. The van der Waals surface area contributed by atoms with Crippen LogP contribution in [-0.4, -0.2) is 21.0 Å². The van der Waals surface area contributed by atoms with Gasteiger partial charge in [0.1, 0.15) is 16.3 Å². The number of aromatic amines is 1. The number of nitrogens with one attached hydrogen (secondary N) is 1. The number of hydrogen-bond acceptors (Lipinski definition) is 3. The van der Waals surface area contributed by atoms with Gasteiger partial charge in [-0.05, 0) is 18.6 Å². The lowest BCUT2D eigenvalue weighted by atomic mass is 10.1. The van der Waals surface area contributed by atoms with E-state index in [1.807, 2.05) is 31.2 Å². The molecule has 0 amide bonds. The molecule has 0 atom stereocenters. The van der Waals surface area contributed by atoms with Crippen LogP contribution in [0.5, 0.6) is 0 Å². The van der Waals surface area contributed by atoms with Gasteiger partial charge in [0.2, 0.25) is 0 Å². The van der Waals surface area contributed by atoms with Gasteiger partial charge in [-0.15, -0.1) is 11.3 Å². The second kappa shape index (κ2) is 3.96. The molecule has 18 heavy (non-hydrogen) atoms. The lowest BCUT2D eigenvalue weighted by Crippen LogP contribution is -1.95. The zero-order valence-electron chi connectivity index (χ0n) is 9.60. The standard InChI is InChI=1S/C13H10N2O2S/c1-7-4-2-3-5-8(7)12-15-11-10(18-12)6-9(14-11)13(16)17/h2-6,14H,1H3,(H,16,17). The van der Waals surface area contributed by atoms with Crippen LogP contribution in [0.25, 0.3) is 20.9 Å². The second-order valence-electron chi connectivity index (χ2n) is 4.03. The summed E-state index contributed by atoms with van der Waals surface area (Å²) >= 11 is 1.50. The van der Waals surface area contributed by atoms with Crippen molar-refractivity contribution in [2.45, 2.75) is 6.92 Å². The van der Waals surface area contributed by atoms with Crippen LogP contribution in [0.1, 0.15) is 16.1 Å². The number of nitrogens with zero attached hydrogens (tertiary/aromatic N) is 1. The van der Waals surface area contributed by atoms with Crippen LogP contribution in [0.2, 0.25) is 0 Å². The second-order valence-corrected chi connectivity index (χ2v) is 5.07. The summed E-state index contributed by atoms with van der Waals surface area (Å²) in [5, 5.41) is 9.79. The third-order valence-electron chi connectivity index (χ3n) is 2.79. The molecule has 3 aromatic rings. The number of rotatable bonds is 2. The first-order valence-electron chi connectivity index (χ1n) is 5.44. The van der Waals surface area contributed by atoms with Crippen LogP contribution in [0.4, 0.5) is 0 Å². The molecule has 0 aliphatic rings. The number of H-pyrrole nitrogens is 1. The molecule has 1 aromatic carbocycles. The zero-order valence-corrected chi connectivity index (χ0v) is 10.4. The van der Waals surface area contributed by atoms with Gasteiger partial charge in [0.25, 0.3) is 0 Å². The fraction of sp³-hybridized carbons (Fsp3) is 0.0769. The maximum Gasteiger partial charge on any atom is 0.352 e. The highest BCUT2D eigenvalue weighted by Crippen LogP contribution is 2.32. The van der Waals surface area contributed by atoms with Crippen LogP contribution in [0, 0.1) is 6.92 Å². The Morgan fingerprint density at radius 3 is 2.83 bits per heavy atom. The molecule has 90 valence electrons. The van der Waals surface area contributed by atoms with Crippen LogP contribution >= 0.6 is 11.3 Å². The lowest BCUT2D eigenvalue weighted by Gasteiger charge is -1.99. The van der Waals surface area contributed by atoms with Crippen LogP contribution < -0.4 is 0 Å². The van der Waals surface area contributed by atoms with Crippen molar-refractivity contribution in [2.75, 3.05) is 0 Å². The minimum absolute atomic E-state index is 0.181. The summed E-state index contributed by atoms with van der Waals surface area (Å²) in [5.74, 6) is -0.961. The van der Waals surface area contributed by atoms with Crippen molar-refractivity contribution in [3.05, 3.63) is 41.6 Å². The highest BCUT2D eigenvalue weighted by atomic mass is 32.1. The average molecular weight is 258 g/mol. The molecule has 0 fully saturated rings. The van der Waals surface area contributed by atoms with Gasteiger partial charge in [-0.2, -0.15) is 0 Å². The Labute approximate surface area is 107 Å². The molecule has 0 spiro atoms. The van der Waals surface area contributed by atoms with Crippen LogP contribution in [0.15, 0.2) is 30.3 Å². The first kappa shape index (κ1) is 11.0. The van der Waals surface area contributed by atoms with Crippen molar-refractivity contribution in [1.29, 1.82) is 0 Å². The van der Waals surface area contributed by atoms with Crippen molar-refractivity contribution in [3.8, 4) is 10.6 Å². The van der Waals surface area contributed by atoms with E-state index in [0.29, 0.717) is 5.65 Å². The van der Waals surface area contributed by atoms with Crippen molar-refractivity contribution >= 4 is 27.7 Å². The maximum atomic E-state index is 10.8. The first-order valence-corrected chi connectivity index (χ1v) is 6.25. The number of aromatic carboxylic acids is 1. The van der Waals surface area contributed by atoms with Crippen LogP contribution in [0.3, 0.4) is 0 Å². The summed E-state index contributed by atoms with van der Waals surface area (Å²) in [4.78, 5) is 18.1. The SMILES string of the molecule is Cc1ccccc1-c1nc2[nH]c(C(=O)O)cc2s1. The van der Waals surface area contributed by atoms with Gasteiger partial charge >= 0.3 is 5.97 Å². The highest BCUT2D eigenvalue weighted by Gasteiger charge is 2.13. The molecule has 0 bridgehead atoms. The summed E-state index contributed by atoms with van der Waals surface area (Å²) < 4.78 is 0.866. The number of carboxylic acid groups (broad SMARTS) is 1. The minimum atomic E-state index is -0.961. The fourth-order valence-electron chi connectivity index (χ4n) is 1.86. The summed E-state index contributed by atoms with van der Waals surface area (Å²) in [5.41, 5.74) is 3.06. The van der Waals surface area contributed by atoms with E-state index in [1.165, 1.54) is 11.3 Å². The molecule has 0 radical (unpaired) electrons. The molecule has 0 saturated carbocycles. The number of carbonyl (C=O) groups is 1. The molecule has 2 aromatic heterocycles. The smallest absolute Gasteiger partial charge is 0.352 e. The van der Waals surface area contributed by atoms with E-state index in [4.69, 9.17) is 5.11 Å². The van der Waals surface area contributed by atoms with Crippen LogP contribution in [-0.2, 0) is 0 Å². The van der Waals surface area contributed by atoms with E-state index in [9.17, 15) is 4.79 Å². The van der Waals surface area contributed by atoms with Crippen molar-refractivity contribution < 1.29 is 9.90 Å². The van der Waals surface area contributed by atoms with E-state index >= 15 is 0 Å². The van der Waals surface area contributed by atoms with Gasteiger partial charge in [-0.25, -0.2) is 9.78 Å². The van der Waals surface area contributed by atoms with Gasteiger partial charge in [-0.3, -0.25) is 0 Å². The predicted octanol–water partition coefficient (Wildman–Crippen LogP) is 3.30. The molecule has 2 N–H and O–H groups in total. The zero-order chi connectivity index (χ0) is 12.7. The van der Waals surface area contributed by atoms with E-state index in [1.54, 1.807) is 6.07 Å². The molecule has 3 rings (SSSR count). The minimum Gasteiger partial charge on any atom is -0.477 e. The third-order valence-corrected chi connectivity index (χ3v) is 3.82. The number of aryl methyl sites for hydroxylation is 1.